The highest BCUT2D eigenvalue weighted by Gasteiger charge is 2.38. The van der Waals surface area contributed by atoms with Crippen molar-refractivity contribution in [2.24, 2.45) is 11.5 Å². The van der Waals surface area contributed by atoms with Gasteiger partial charge in [-0.05, 0) is 25.7 Å². The van der Waals surface area contributed by atoms with Crippen molar-refractivity contribution in [2.75, 3.05) is 13.2 Å². The molecular formula is C18H29N5O9. The second kappa shape index (κ2) is 12.6. The Balaban J connectivity index is 3.03. The maximum Gasteiger partial charge on any atom is 0.326 e. The van der Waals surface area contributed by atoms with Gasteiger partial charge in [-0.15, -0.1) is 0 Å². The Bertz CT molecular complexity index is 744. The first-order valence-corrected chi connectivity index (χ1v) is 9.98. The number of aliphatic hydroxyl groups is 1. The SMILES string of the molecule is NC(=O)CCC(NC(=O)C(CCC(=O)O)NC(=O)C(N)CO)C(=O)N1CCCC1C(=O)O. The molecule has 14 nitrogen and oxygen atoms in total. The second-order valence-electron chi connectivity index (χ2n) is 7.38. The fourth-order valence-electron chi connectivity index (χ4n) is 3.20. The summed E-state index contributed by atoms with van der Waals surface area (Å²) < 4.78 is 0. The van der Waals surface area contributed by atoms with Gasteiger partial charge in [0.15, 0.2) is 0 Å². The molecule has 1 heterocycles. The number of hydrogen-bond acceptors (Lipinski definition) is 8. The molecule has 180 valence electrons. The van der Waals surface area contributed by atoms with Crippen LogP contribution in [0.4, 0.5) is 0 Å². The summed E-state index contributed by atoms with van der Waals surface area (Å²) in [5.41, 5.74) is 10.5. The molecule has 0 spiro atoms. The summed E-state index contributed by atoms with van der Waals surface area (Å²) in [6.07, 6.45) is -0.686. The predicted octanol–water partition coefficient (Wildman–Crippen LogP) is -3.52. The van der Waals surface area contributed by atoms with E-state index in [1.807, 2.05) is 0 Å². The monoisotopic (exact) mass is 459 g/mol. The number of hydrogen-bond donors (Lipinski definition) is 7. The van der Waals surface area contributed by atoms with Crippen molar-refractivity contribution in [1.82, 2.24) is 15.5 Å². The molecule has 1 fully saturated rings. The van der Waals surface area contributed by atoms with Crippen molar-refractivity contribution in [2.45, 2.75) is 62.7 Å². The van der Waals surface area contributed by atoms with Gasteiger partial charge in [-0.2, -0.15) is 0 Å². The molecule has 4 amide bonds. The highest BCUT2D eigenvalue weighted by atomic mass is 16.4. The van der Waals surface area contributed by atoms with Gasteiger partial charge in [-0.1, -0.05) is 0 Å². The molecule has 1 aliphatic rings. The van der Waals surface area contributed by atoms with E-state index in [0.29, 0.717) is 6.42 Å². The number of amides is 4. The van der Waals surface area contributed by atoms with Crippen LogP contribution in [0.15, 0.2) is 0 Å². The average molecular weight is 459 g/mol. The van der Waals surface area contributed by atoms with E-state index in [2.05, 4.69) is 10.6 Å². The van der Waals surface area contributed by atoms with Crippen molar-refractivity contribution in [3.8, 4) is 0 Å². The number of carboxylic acid groups (broad SMARTS) is 2. The van der Waals surface area contributed by atoms with Crippen molar-refractivity contribution in [1.29, 1.82) is 0 Å². The number of carbonyl (C=O) groups is 6. The standard InChI is InChI=1S/C18H29N5O9/c19-9(8-24)15(28)21-10(4-6-14(26)27)16(29)22-11(3-5-13(20)25)17(30)23-7-1-2-12(23)18(31)32/h9-12,24H,1-8,19H2,(H2,20,25)(H,21,28)(H,22,29)(H,26,27)(H,31,32). The molecule has 14 heteroatoms. The van der Waals surface area contributed by atoms with Gasteiger partial charge < -0.3 is 42.3 Å². The third kappa shape index (κ3) is 8.11. The zero-order valence-corrected chi connectivity index (χ0v) is 17.4. The normalized spacial score (nSPS) is 18.3. The number of rotatable bonds is 13. The van der Waals surface area contributed by atoms with Crippen LogP contribution < -0.4 is 22.1 Å². The van der Waals surface area contributed by atoms with Gasteiger partial charge in [0.05, 0.1) is 6.61 Å². The number of aliphatic hydroxyl groups excluding tert-OH is 1. The molecule has 4 atom stereocenters. The molecule has 0 aromatic rings. The molecule has 32 heavy (non-hydrogen) atoms. The van der Waals surface area contributed by atoms with E-state index in [-0.39, 0.29) is 32.2 Å². The zero-order valence-electron chi connectivity index (χ0n) is 17.4. The fraction of sp³-hybridized carbons (Fsp3) is 0.667. The molecule has 0 aliphatic carbocycles. The third-order valence-corrected chi connectivity index (χ3v) is 4.93. The highest BCUT2D eigenvalue weighted by Crippen LogP contribution is 2.19. The molecular weight excluding hydrogens is 430 g/mol. The van der Waals surface area contributed by atoms with E-state index in [1.165, 1.54) is 0 Å². The van der Waals surface area contributed by atoms with Crippen molar-refractivity contribution < 1.29 is 44.1 Å². The minimum Gasteiger partial charge on any atom is -0.481 e. The number of nitrogens with two attached hydrogens (primary N) is 2. The van der Waals surface area contributed by atoms with Gasteiger partial charge in [-0.25, -0.2) is 4.79 Å². The van der Waals surface area contributed by atoms with Crippen LogP contribution in [-0.2, 0) is 28.8 Å². The van der Waals surface area contributed by atoms with E-state index in [1.54, 1.807) is 0 Å². The van der Waals surface area contributed by atoms with Crippen LogP contribution >= 0.6 is 0 Å². The molecule has 0 radical (unpaired) electrons. The summed E-state index contributed by atoms with van der Waals surface area (Å²) in [6.45, 7) is -0.576. The zero-order chi connectivity index (χ0) is 24.4. The van der Waals surface area contributed by atoms with Crippen LogP contribution in [0.1, 0.15) is 38.5 Å². The van der Waals surface area contributed by atoms with Crippen LogP contribution in [0, 0.1) is 0 Å². The Morgan fingerprint density at radius 3 is 2.09 bits per heavy atom. The highest BCUT2D eigenvalue weighted by molar-refractivity contribution is 5.94. The van der Waals surface area contributed by atoms with E-state index >= 15 is 0 Å². The van der Waals surface area contributed by atoms with Crippen molar-refractivity contribution in [3.63, 3.8) is 0 Å². The average Bonchev–Trinajstić information content (AvgIpc) is 3.22. The molecule has 9 N–H and O–H groups in total. The smallest absolute Gasteiger partial charge is 0.326 e. The minimum atomic E-state index is -1.41. The van der Waals surface area contributed by atoms with Gasteiger partial charge in [-0.3, -0.25) is 24.0 Å². The van der Waals surface area contributed by atoms with Crippen LogP contribution in [0.2, 0.25) is 0 Å². The van der Waals surface area contributed by atoms with Crippen molar-refractivity contribution >= 4 is 35.6 Å². The fourth-order valence-corrected chi connectivity index (χ4v) is 3.20. The lowest BCUT2D eigenvalue weighted by atomic mass is 10.1. The van der Waals surface area contributed by atoms with Gasteiger partial charge in [0.1, 0.15) is 24.2 Å². The van der Waals surface area contributed by atoms with Gasteiger partial charge in [0.25, 0.3) is 0 Å². The molecule has 0 aromatic carbocycles. The summed E-state index contributed by atoms with van der Waals surface area (Å²) in [5, 5.41) is 31.8. The van der Waals surface area contributed by atoms with Crippen LogP contribution in [0.25, 0.3) is 0 Å². The topological polar surface area (TPSA) is 242 Å². The maximum atomic E-state index is 12.9. The van der Waals surface area contributed by atoms with Crippen LogP contribution in [-0.4, -0.2) is 93.1 Å². The maximum absolute atomic E-state index is 12.9. The first-order chi connectivity index (χ1) is 15.0. The Morgan fingerprint density at radius 2 is 1.56 bits per heavy atom. The number of nitrogens with zero attached hydrogens (tertiary/aromatic N) is 1. The number of likely N-dealkylation sites (tertiary alicyclic amines) is 1. The number of carbonyl (C=O) groups excluding carboxylic acids is 4. The summed E-state index contributed by atoms with van der Waals surface area (Å²) in [5.74, 6) is -5.79. The van der Waals surface area contributed by atoms with E-state index in [9.17, 15) is 33.9 Å². The number of nitrogens with one attached hydrogen (secondary N) is 2. The molecule has 1 rings (SSSR count). The molecule has 0 bridgehead atoms. The summed E-state index contributed by atoms with van der Waals surface area (Å²) in [6, 6.07) is -5.18. The molecule has 0 aromatic heterocycles. The van der Waals surface area contributed by atoms with Crippen molar-refractivity contribution in [3.05, 3.63) is 0 Å². The van der Waals surface area contributed by atoms with Crippen LogP contribution in [0.3, 0.4) is 0 Å². The first-order valence-electron chi connectivity index (χ1n) is 9.98. The quantitative estimate of drug-likeness (QED) is 0.143. The third-order valence-electron chi connectivity index (χ3n) is 4.93. The van der Waals surface area contributed by atoms with Gasteiger partial charge in [0.2, 0.25) is 23.6 Å². The Labute approximate surface area is 183 Å². The number of aliphatic carboxylic acids is 2. The van der Waals surface area contributed by atoms with Crippen LogP contribution in [0.5, 0.6) is 0 Å². The Kier molecular flexibility index (Phi) is 10.5. The lowest BCUT2D eigenvalue weighted by Gasteiger charge is -2.28. The Morgan fingerprint density at radius 1 is 0.969 bits per heavy atom. The lowest BCUT2D eigenvalue weighted by Crippen LogP contribution is -2.57. The molecule has 0 saturated carbocycles. The van der Waals surface area contributed by atoms with E-state index < -0.39 is 72.8 Å². The van der Waals surface area contributed by atoms with Gasteiger partial charge >= 0.3 is 11.9 Å². The number of primary amides is 1. The minimum absolute atomic E-state index is 0.142. The summed E-state index contributed by atoms with van der Waals surface area (Å²) in [7, 11) is 0. The summed E-state index contributed by atoms with van der Waals surface area (Å²) in [4.78, 5) is 72.3. The second-order valence-corrected chi connectivity index (χ2v) is 7.38. The first kappa shape index (κ1) is 26.8. The molecule has 4 unspecified atom stereocenters. The molecule has 1 saturated heterocycles. The lowest BCUT2D eigenvalue weighted by molar-refractivity contribution is -0.149. The van der Waals surface area contributed by atoms with E-state index in [4.69, 9.17) is 21.7 Å². The van der Waals surface area contributed by atoms with Gasteiger partial charge in [0, 0.05) is 19.4 Å². The summed E-state index contributed by atoms with van der Waals surface area (Å²) >= 11 is 0. The van der Waals surface area contributed by atoms with E-state index in [0.717, 1.165) is 4.90 Å². The Hall–Kier alpha value is -3.26. The largest absolute Gasteiger partial charge is 0.481 e. The predicted molar refractivity (Wildman–Crippen MR) is 107 cm³/mol. The molecule has 1 aliphatic heterocycles. The number of carboxylic acids is 2.